The highest BCUT2D eigenvalue weighted by Gasteiger charge is 2.42. The van der Waals surface area contributed by atoms with Crippen LogP contribution >= 0.6 is 0 Å². The lowest BCUT2D eigenvalue weighted by molar-refractivity contribution is -0.138. The van der Waals surface area contributed by atoms with Crippen molar-refractivity contribution in [2.75, 3.05) is 41.3 Å². The van der Waals surface area contributed by atoms with E-state index in [0.29, 0.717) is 6.54 Å². The molecule has 0 saturated heterocycles. The Balaban J connectivity index is 2.66. The first-order valence-corrected chi connectivity index (χ1v) is 8.10. The molecule has 0 aromatic heterocycles. The molecule has 0 aliphatic heterocycles. The number of nitrogens with one attached hydrogen (secondary N) is 1. The van der Waals surface area contributed by atoms with Gasteiger partial charge in [0.05, 0.1) is 5.41 Å². The number of carbonyl (C=O) groups excluding carboxylic acids is 1. The van der Waals surface area contributed by atoms with Gasteiger partial charge in [-0.05, 0) is 19.3 Å². The Morgan fingerprint density at radius 3 is 2.33 bits per heavy atom. The predicted molar refractivity (Wildman–Crippen MR) is 88.5 cm³/mol. The largest absolute Gasteiger partial charge is 0.355 e. The van der Waals surface area contributed by atoms with E-state index in [1.165, 1.54) is 6.42 Å². The van der Waals surface area contributed by atoms with Crippen LogP contribution in [0.1, 0.15) is 45.4 Å². The number of hydrogen-bond donors (Lipinski definition) is 1. The van der Waals surface area contributed by atoms with Gasteiger partial charge in [-0.15, -0.1) is 0 Å². The number of hydrogen-bond acceptors (Lipinski definition) is 2. The van der Waals surface area contributed by atoms with E-state index in [4.69, 9.17) is 0 Å². The maximum atomic E-state index is 12.5. The van der Waals surface area contributed by atoms with E-state index in [-0.39, 0.29) is 11.3 Å². The molecule has 0 atom stereocenters. The van der Waals surface area contributed by atoms with Gasteiger partial charge >= 0.3 is 0 Å². The van der Waals surface area contributed by atoms with Gasteiger partial charge in [0, 0.05) is 41.3 Å². The number of aliphatic imine (C=N–C) groups is 1. The molecule has 0 spiro atoms. The number of nitrogens with zero attached hydrogens (tertiary/aromatic N) is 3. The average molecular weight is 296 g/mol. The van der Waals surface area contributed by atoms with Gasteiger partial charge in [0.1, 0.15) is 0 Å². The summed E-state index contributed by atoms with van der Waals surface area (Å²) in [6.45, 7) is 3.87. The van der Waals surface area contributed by atoms with Crippen molar-refractivity contribution in [2.45, 2.75) is 45.4 Å². The maximum Gasteiger partial charge on any atom is 0.230 e. The van der Waals surface area contributed by atoms with Crippen molar-refractivity contribution in [3.63, 3.8) is 0 Å². The molecule has 21 heavy (non-hydrogen) atoms. The lowest BCUT2D eigenvalue weighted by Gasteiger charge is -2.32. The third-order valence-electron chi connectivity index (χ3n) is 4.43. The molecule has 0 aromatic rings. The monoisotopic (exact) mass is 296 g/mol. The third-order valence-corrected chi connectivity index (χ3v) is 4.43. The van der Waals surface area contributed by atoms with Crippen LogP contribution in [0.25, 0.3) is 0 Å². The van der Waals surface area contributed by atoms with Crippen molar-refractivity contribution >= 4 is 11.9 Å². The van der Waals surface area contributed by atoms with Gasteiger partial charge in [0.25, 0.3) is 0 Å². The number of carbonyl (C=O) groups is 1. The lowest BCUT2D eigenvalue weighted by atomic mass is 9.84. The summed E-state index contributed by atoms with van der Waals surface area (Å²) in [6.07, 6.45) is 6.57. The zero-order chi connectivity index (χ0) is 15.9. The third kappa shape index (κ3) is 4.61. The van der Waals surface area contributed by atoms with Crippen molar-refractivity contribution in [2.24, 2.45) is 10.4 Å². The summed E-state index contributed by atoms with van der Waals surface area (Å²) in [5.41, 5.74) is -0.245. The Morgan fingerprint density at radius 2 is 1.86 bits per heavy atom. The molecule has 1 aliphatic rings. The van der Waals surface area contributed by atoms with Crippen LogP contribution in [0, 0.1) is 5.41 Å². The summed E-state index contributed by atoms with van der Waals surface area (Å²) < 4.78 is 0. The maximum absolute atomic E-state index is 12.5. The lowest BCUT2D eigenvalue weighted by Crippen LogP contribution is -2.49. The molecule has 1 N–H and O–H groups in total. The molecule has 5 nitrogen and oxygen atoms in total. The first-order valence-electron chi connectivity index (χ1n) is 8.10. The first-order chi connectivity index (χ1) is 9.96. The van der Waals surface area contributed by atoms with Crippen LogP contribution in [0.3, 0.4) is 0 Å². The Kier molecular flexibility index (Phi) is 6.99. The summed E-state index contributed by atoms with van der Waals surface area (Å²) >= 11 is 0. The van der Waals surface area contributed by atoms with Crippen LogP contribution in [0.2, 0.25) is 0 Å². The molecule has 1 saturated carbocycles. The van der Waals surface area contributed by atoms with Gasteiger partial charge in [0.15, 0.2) is 5.96 Å². The summed E-state index contributed by atoms with van der Waals surface area (Å²) in [6, 6.07) is 0. The fourth-order valence-corrected chi connectivity index (χ4v) is 3.13. The topological polar surface area (TPSA) is 47.9 Å². The summed E-state index contributed by atoms with van der Waals surface area (Å²) in [7, 11) is 7.56. The summed E-state index contributed by atoms with van der Waals surface area (Å²) in [5, 5.41) is 3.43. The van der Waals surface area contributed by atoms with Crippen LogP contribution < -0.4 is 5.32 Å². The van der Waals surface area contributed by atoms with Gasteiger partial charge in [-0.2, -0.15) is 0 Å². The number of unbranched alkanes of at least 4 members (excludes halogenated alkanes) is 1. The highest BCUT2D eigenvalue weighted by molar-refractivity contribution is 5.85. The van der Waals surface area contributed by atoms with Gasteiger partial charge < -0.3 is 15.1 Å². The second-order valence-electron chi connectivity index (χ2n) is 6.36. The zero-order valence-electron chi connectivity index (χ0n) is 14.4. The van der Waals surface area contributed by atoms with Gasteiger partial charge in [-0.3, -0.25) is 9.79 Å². The molecule has 1 rings (SSSR count). The standard InChI is InChI=1S/C16H32N4O/c1-6-7-12-20(5)15(17-2)18-13-16(10-8-9-11-16)14(21)19(3)4/h6-13H2,1-5H3,(H,17,18). The van der Waals surface area contributed by atoms with Crippen LogP contribution in [0.5, 0.6) is 0 Å². The fraction of sp³-hybridized carbons (Fsp3) is 0.875. The molecule has 1 fully saturated rings. The molecule has 0 bridgehead atoms. The van der Waals surface area contributed by atoms with Gasteiger partial charge in [0.2, 0.25) is 5.91 Å². The number of guanidine groups is 1. The Labute approximate surface area is 129 Å². The average Bonchev–Trinajstić information content (AvgIpc) is 2.94. The minimum Gasteiger partial charge on any atom is -0.355 e. The first kappa shape index (κ1) is 17.8. The molecular weight excluding hydrogens is 264 g/mol. The SMILES string of the molecule is CCCCN(C)C(=NC)NCC1(C(=O)N(C)C)CCCC1. The quantitative estimate of drug-likeness (QED) is 0.602. The van der Waals surface area contributed by atoms with Crippen molar-refractivity contribution in [3.05, 3.63) is 0 Å². The molecule has 1 aliphatic carbocycles. The molecule has 122 valence electrons. The fourth-order valence-electron chi connectivity index (χ4n) is 3.13. The van der Waals surface area contributed by atoms with Crippen LogP contribution in [-0.2, 0) is 4.79 Å². The van der Waals surface area contributed by atoms with E-state index < -0.39 is 0 Å². The van der Waals surface area contributed by atoms with Crippen molar-refractivity contribution in [1.29, 1.82) is 0 Å². The van der Waals surface area contributed by atoms with Crippen molar-refractivity contribution in [1.82, 2.24) is 15.1 Å². The molecule has 0 radical (unpaired) electrons. The Bertz CT molecular complexity index is 359. The minimum atomic E-state index is -0.245. The van der Waals surface area contributed by atoms with Gasteiger partial charge in [-0.1, -0.05) is 26.2 Å². The molecule has 0 heterocycles. The molecule has 0 unspecified atom stereocenters. The van der Waals surface area contributed by atoms with E-state index >= 15 is 0 Å². The second-order valence-corrected chi connectivity index (χ2v) is 6.36. The normalized spacial score (nSPS) is 17.7. The number of amides is 1. The second kappa shape index (κ2) is 8.25. The highest BCUT2D eigenvalue weighted by atomic mass is 16.2. The molecule has 5 heteroatoms. The van der Waals surface area contributed by atoms with E-state index in [9.17, 15) is 4.79 Å². The van der Waals surface area contributed by atoms with Crippen LogP contribution in [0.15, 0.2) is 4.99 Å². The van der Waals surface area contributed by atoms with Crippen LogP contribution in [-0.4, -0.2) is 62.9 Å². The number of rotatable bonds is 6. The van der Waals surface area contributed by atoms with Crippen LogP contribution in [0.4, 0.5) is 0 Å². The van der Waals surface area contributed by atoms with E-state index in [2.05, 4.69) is 29.2 Å². The van der Waals surface area contributed by atoms with Gasteiger partial charge in [-0.25, -0.2) is 0 Å². The Morgan fingerprint density at radius 1 is 1.24 bits per heavy atom. The molecule has 1 amide bonds. The summed E-state index contributed by atoms with van der Waals surface area (Å²) in [4.78, 5) is 20.8. The van der Waals surface area contributed by atoms with E-state index in [1.807, 2.05) is 14.1 Å². The van der Waals surface area contributed by atoms with E-state index in [0.717, 1.165) is 44.6 Å². The van der Waals surface area contributed by atoms with E-state index in [1.54, 1.807) is 11.9 Å². The molecule has 0 aromatic carbocycles. The van der Waals surface area contributed by atoms with Crippen molar-refractivity contribution < 1.29 is 4.79 Å². The minimum absolute atomic E-state index is 0.245. The highest BCUT2D eigenvalue weighted by Crippen LogP contribution is 2.38. The zero-order valence-corrected chi connectivity index (χ0v) is 14.4. The summed E-state index contributed by atoms with van der Waals surface area (Å²) in [5.74, 6) is 1.14. The Hall–Kier alpha value is -1.26. The smallest absolute Gasteiger partial charge is 0.230 e. The predicted octanol–water partition coefficient (Wildman–Crippen LogP) is 1.94. The van der Waals surface area contributed by atoms with Crippen molar-refractivity contribution in [3.8, 4) is 0 Å². The molecular formula is C16H32N4O.